The van der Waals surface area contributed by atoms with E-state index in [1.54, 1.807) is 12.0 Å². The lowest BCUT2D eigenvalue weighted by Gasteiger charge is -2.19. The number of ether oxygens (including phenoxy) is 1. The summed E-state index contributed by atoms with van der Waals surface area (Å²) in [6.07, 6.45) is 4.31. The van der Waals surface area contributed by atoms with Crippen LogP contribution in [-0.2, 0) is 17.8 Å². The molecule has 3 rings (SSSR count). The number of aromatic nitrogens is 1. The standard InChI is InChI=1S/C21H23BrN2O2/c1-24(14-16-12-17(22)10-11-20(16)26-2)21(25)9-5-6-15-13-23-19-8-4-3-7-18(15)19/h3-4,7-8,10-13,23H,5-6,9,14H2,1-2H3. The Morgan fingerprint density at radius 1 is 1.19 bits per heavy atom. The zero-order valence-electron chi connectivity index (χ0n) is 15.1. The minimum absolute atomic E-state index is 0.145. The van der Waals surface area contributed by atoms with Gasteiger partial charge in [0.1, 0.15) is 5.75 Å². The number of methoxy groups -OCH3 is 1. The summed E-state index contributed by atoms with van der Waals surface area (Å²) in [4.78, 5) is 17.5. The highest BCUT2D eigenvalue weighted by Crippen LogP contribution is 2.24. The van der Waals surface area contributed by atoms with Crippen LogP contribution < -0.4 is 4.74 Å². The van der Waals surface area contributed by atoms with E-state index in [1.165, 1.54) is 10.9 Å². The summed E-state index contributed by atoms with van der Waals surface area (Å²) in [5.41, 5.74) is 3.41. The molecule has 0 spiro atoms. The SMILES string of the molecule is COc1ccc(Br)cc1CN(C)C(=O)CCCc1c[nH]c2ccccc12. The van der Waals surface area contributed by atoms with Gasteiger partial charge in [-0.2, -0.15) is 0 Å². The number of aromatic amines is 1. The molecule has 0 saturated carbocycles. The third-order valence-electron chi connectivity index (χ3n) is 4.59. The quantitative estimate of drug-likeness (QED) is 0.596. The third-order valence-corrected chi connectivity index (χ3v) is 5.08. The molecule has 0 aliphatic rings. The van der Waals surface area contributed by atoms with E-state index in [1.807, 2.05) is 43.6 Å². The van der Waals surface area contributed by atoms with Crippen LogP contribution in [0.25, 0.3) is 10.9 Å². The maximum atomic E-state index is 12.5. The number of carbonyl (C=O) groups is 1. The highest BCUT2D eigenvalue weighted by atomic mass is 79.9. The van der Waals surface area contributed by atoms with Crippen molar-refractivity contribution in [3.8, 4) is 5.75 Å². The first-order valence-corrected chi connectivity index (χ1v) is 9.49. The molecule has 1 heterocycles. The summed E-state index contributed by atoms with van der Waals surface area (Å²) < 4.78 is 6.37. The van der Waals surface area contributed by atoms with Crippen LogP contribution >= 0.6 is 15.9 Å². The number of aryl methyl sites for hydroxylation is 1. The van der Waals surface area contributed by atoms with Gasteiger partial charge in [0.2, 0.25) is 5.91 Å². The minimum Gasteiger partial charge on any atom is -0.496 e. The molecule has 136 valence electrons. The van der Waals surface area contributed by atoms with Crippen LogP contribution in [0.3, 0.4) is 0 Å². The van der Waals surface area contributed by atoms with E-state index in [4.69, 9.17) is 4.74 Å². The van der Waals surface area contributed by atoms with Crippen molar-refractivity contribution >= 4 is 32.7 Å². The summed E-state index contributed by atoms with van der Waals surface area (Å²) in [6.45, 7) is 0.536. The van der Waals surface area contributed by atoms with Crippen molar-refractivity contribution < 1.29 is 9.53 Å². The molecule has 0 aliphatic heterocycles. The predicted octanol–water partition coefficient (Wildman–Crippen LogP) is 4.92. The van der Waals surface area contributed by atoms with Crippen LogP contribution in [0.5, 0.6) is 5.75 Å². The molecule has 0 radical (unpaired) electrons. The molecule has 1 amide bonds. The summed E-state index contributed by atoms with van der Waals surface area (Å²) in [6, 6.07) is 14.1. The van der Waals surface area contributed by atoms with Crippen molar-refractivity contribution in [3.05, 3.63) is 64.3 Å². The van der Waals surface area contributed by atoms with Gasteiger partial charge in [0.05, 0.1) is 7.11 Å². The second-order valence-electron chi connectivity index (χ2n) is 6.42. The van der Waals surface area contributed by atoms with E-state index in [0.29, 0.717) is 13.0 Å². The number of amides is 1. The molecule has 0 unspecified atom stereocenters. The molecule has 0 atom stereocenters. The molecule has 0 aliphatic carbocycles. The van der Waals surface area contributed by atoms with Gasteiger partial charge in [0, 0.05) is 47.1 Å². The average molecular weight is 415 g/mol. The number of H-pyrrole nitrogens is 1. The van der Waals surface area contributed by atoms with Crippen LogP contribution in [-0.4, -0.2) is 29.9 Å². The fourth-order valence-corrected chi connectivity index (χ4v) is 3.58. The Balaban J connectivity index is 1.55. The topological polar surface area (TPSA) is 45.3 Å². The predicted molar refractivity (Wildman–Crippen MR) is 108 cm³/mol. The number of para-hydroxylation sites is 1. The van der Waals surface area contributed by atoms with Crippen LogP contribution in [0.1, 0.15) is 24.0 Å². The number of rotatable bonds is 7. The molecule has 1 N–H and O–H groups in total. The number of carbonyl (C=O) groups excluding carboxylic acids is 1. The van der Waals surface area contributed by atoms with Crippen LogP contribution in [0.2, 0.25) is 0 Å². The highest BCUT2D eigenvalue weighted by molar-refractivity contribution is 9.10. The van der Waals surface area contributed by atoms with Gasteiger partial charge in [-0.15, -0.1) is 0 Å². The van der Waals surface area contributed by atoms with Crippen LogP contribution in [0.4, 0.5) is 0 Å². The third kappa shape index (κ3) is 4.28. The largest absolute Gasteiger partial charge is 0.496 e. The summed E-state index contributed by atoms with van der Waals surface area (Å²) in [7, 11) is 3.49. The monoisotopic (exact) mass is 414 g/mol. The van der Waals surface area contributed by atoms with E-state index in [0.717, 1.165) is 34.1 Å². The molecule has 1 aromatic heterocycles. The van der Waals surface area contributed by atoms with Crippen molar-refractivity contribution in [3.63, 3.8) is 0 Å². The van der Waals surface area contributed by atoms with Crippen molar-refractivity contribution in [1.82, 2.24) is 9.88 Å². The van der Waals surface area contributed by atoms with Crippen molar-refractivity contribution in [2.24, 2.45) is 0 Å². The normalized spacial score (nSPS) is 10.9. The number of halogens is 1. The molecular weight excluding hydrogens is 392 g/mol. The van der Waals surface area contributed by atoms with E-state index in [2.05, 4.69) is 33.0 Å². The van der Waals surface area contributed by atoms with Gasteiger partial charge in [-0.1, -0.05) is 34.1 Å². The zero-order valence-corrected chi connectivity index (χ0v) is 16.7. The Morgan fingerprint density at radius 2 is 2.00 bits per heavy atom. The number of hydrogen-bond acceptors (Lipinski definition) is 2. The molecule has 4 nitrogen and oxygen atoms in total. The molecule has 5 heteroatoms. The van der Waals surface area contributed by atoms with Gasteiger partial charge in [-0.25, -0.2) is 0 Å². The number of hydrogen-bond donors (Lipinski definition) is 1. The summed E-state index contributed by atoms with van der Waals surface area (Å²) in [5, 5.41) is 1.24. The Bertz CT molecular complexity index is 904. The van der Waals surface area contributed by atoms with E-state index in [-0.39, 0.29) is 5.91 Å². The van der Waals surface area contributed by atoms with Gasteiger partial charge in [0.25, 0.3) is 0 Å². The minimum atomic E-state index is 0.145. The Morgan fingerprint density at radius 3 is 2.81 bits per heavy atom. The smallest absolute Gasteiger partial charge is 0.222 e. The van der Waals surface area contributed by atoms with Gasteiger partial charge >= 0.3 is 0 Å². The Kier molecular flexibility index (Phi) is 5.99. The first-order chi connectivity index (χ1) is 12.6. The molecule has 0 saturated heterocycles. The Labute approximate surface area is 162 Å². The van der Waals surface area contributed by atoms with E-state index >= 15 is 0 Å². The van der Waals surface area contributed by atoms with E-state index in [9.17, 15) is 4.79 Å². The van der Waals surface area contributed by atoms with Crippen molar-refractivity contribution in [2.45, 2.75) is 25.8 Å². The fourth-order valence-electron chi connectivity index (χ4n) is 3.17. The molecule has 26 heavy (non-hydrogen) atoms. The summed E-state index contributed by atoms with van der Waals surface area (Å²) in [5.74, 6) is 0.943. The maximum absolute atomic E-state index is 12.5. The lowest BCUT2D eigenvalue weighted by molar-refractivity contribution is -0.130. The molecule has 2 aromatic carbocycles. The number of nitrogens with zero attached hydrogens (tertiary/aromatic N) is 1. The first-order valence-electron chi connectivity index (χ1n) is 8.70. The lowest BCUT2D eigenvalue weighted by Crippen LogP contribution is -2.26. The number of nitrogens with one attached hydrogen (secondary N) is 1. The zero-order chi connectivity index (χ0) is 18.5. The highest BCUT2D eigenvalue weighted by Gasteiger charge is 2.13. The van der Waals surface area contributed by atoms with Gasteiger partial charge in [0.15, 0.2) is 0 Å². The molecular formula is C21H23BrN2O2. The van der Waals surface area contributed by atoms with Gasteiger partial charge in [-0.05, 0) is 42.7 Å². The van der Waals surface area contributed by atoms with Crippen LogP contribution in [0, 0.1) is 0 Å². The molecule has 0 fully saturated rings. The summed E-state index contributed by atoms with van der Waals surface area (Å²) >= 11 is 3.47. The van der Waals surface area contributed by atoms with Gasteiger partial charge < -0.3 is 14.6 Å². The second kappa shape index (κ2) is 8.41. The fraction of sp³-hybridized carbons (Fsp3) is 0.286. The van der Waals surface area contributed by atoms with Crippen molar-refractivity contribution in [1.29, 1.82) is 0 Å². The van der Waals surface area contributed by atoms with Crippen LogP contribution in [0.15, 0.2) is 53.1 Å². The van der Waals surface area contributed by atoms with Gasteiger partial charge in [-0.3, -0.25) is 4.79 Å². The molecule has 3 aromatic rings. The number of fused-ring (bicyclic) bond motifs is 1. The first kappa shape index (κ1) is 18.5. The van der Waals surface area contributed by atoms with Crippen molar-refractivity contribution in [2.75, 3.05) is 14.2 Å². The lowest BCUT2D eigenvalue weighted by atomic mass is 10.1. The average Bonchev–Trinajstić information content (AvgIpc) is 3.05. The second-order valence-corrected chi connectivity index (χ2v) is 7.33. The Hall–Kier alpha value is -2.27. The van der Waals surface area contributed by atoms with E-state index < -0.39 is 0 Å². The number of benzene rings is 2. The maximum Gasteiger partial charge on any atom is 0.222 e. The molecule has 0 bridgehead atoms.